The molecule has 3 N–H and O–H groups in total. The molecule has 1 aromatic carbocycles. The van der Waals surface area contributed by atoms with Crippen LogP contribution in [0.4, 0.5) is 10.1 Å². The second-order valence-electron chi connectivity index (χ2n) is 8.34. The van der Waals surface area contributed by atoms with E-state index in [1.54, 1.807) is 24.5 Å². The van der Waals surface area contributed by atoms with E-state index in [-0.39, 0.29) is 5.69 Å². The van der Waals surface area contributed by atoms with Crippen LogP contribution < -0.4 is 10.5 Å². The number of halogens is 1. The minimum Gasteiger partial charge on any atom is -0.396 e. The third kappa shape index (κ3) is 4.55. The van der Waals surface area contributed by atoms with E-state index in [2.05, 4.69) is 9.71 Å². The summed E-state index contributed by atoms with van der Waals surface area (Å²) in [6.07, 6.45) is 7.70. The number of hydrogen-bond acceptors (Lipinski definition) is 3. The fourth-order valence-electron chi connectivity index (χ4n) is 3.21. The Morgan fingerprint density at radius 3 is 2.41 bits per heavy atom. The zero-order chi connectivity index (χ0) is 19.7. The Hall–Kier alpha value is -1.79. The molecule has 146 valence electrons. The second kappa shape index (κ2) is 7.68. The van der Waals surface area contributed by atoms with Gasteiger partial charge in [0.2, 0.25) is 0 Å². The molecule has 1 aliphatic rings. The molecule has 0 radical (unpaired) electrons. The van der Waals surface area contributed by atoms with Crippen molar-refractivity contribution in [3.8, 4) is 0 Å². The Balaban J connectivity index is 2.13. The molecule has 1 heterocycles. The van der Waals surface area contributed by atoms with Gasteiger partial charge < -0.3 is 5.73 Å². The summed E-state index contributed by atoms with van der Waals surface area (Å²) in [6.45, 7) is 5.81. The van der Waals surface area contributed by atoms with E-state index in [0.29, 0.717) is 5.92 Å². The summed E-state index contributed by atoms with van der Waals surface area (Å²) >= 11 is 0. The molecule has 3 rings (SSSR count). The standard InChI is InChI=1S/C21H28FN3OS/c1-20(2,3)27(26)25-21(11-8-15-4-5-15,16-9-12-24-13-10-16)17-6-7-18(22)19(23)14-17/h6-7,9-10,12-15,25H,4-5,8,11,23H2,1-3H3. The lowest BCUT2D eigenvalue weighted by molar-refractivity contribution is 0.415. The first-order valence-electron chi connectivity index (χ1n) is 9.38. The molecule has 0 saturated heterocycles. The first kappa shape index (κ1) is 20.0. The molecular weight excluding hydrogens is 361 g/mol. The number of pyridine rings is 1. The second-order valence-corrected chi connectivity index (χ2v) is 10.3. The Labute approximate surface area is 163 Å². The molecule has 2 aromatic rings. The molecule has 1 aliphatic carbocycles. The van der Waals surface area contributed by atoms with Gasteiger partial charge in [-0.3, -0.25) is 4.98 Å². The van der Waals surface area contributed by atoms with Crippen LogP contribution in [0.3, 0.4) is 0 Å². The number of nitrogen functional groups attached to an aromatic ring is 1. The van der Waals surface area contributed by atoms with Crippen LogP contribution >= 0.6 is 0 Å². The van der Waals surface area contributed by atoms with Crippen molar-refractivity contribution in [3.05, 3.63) is 59.7 Å². The fraction of sp³-hybridized carbons (Fsp3) is 0.476. The number of aromatic nitrogens is 1. The quantitative estimate of drug-likeness (QED) is 0.694. The van der Waals surface area contributed by atoms with Crippen LogP contribution in [-0.4, -0.2) is 13.9 Å². The van der Waals surface area contributed by atoms with Gasteiger partial charge in [-0.05, 0) is 74.9 Å². The van der Waals surface area contributed by atoms with Gasteiger partial charge in [0.15, 0.2) is 0 Å². The molecule has 6 heteroatoms. The monoisotopic (exact) mass is 389 g/mol. The average Bonchev–Trinajstić information content (AvgIpc) is 3.45. The maximum absolute atomic E-state index is 13.8. The summed E-state index contributed by atoms with van der Waals surface area (Å²) in [5.41, 5.74) is 7.06. The lowest BCUT2D eigenvalue weighted by atomic mass is 9.79. The van der Waals surface area contributed by atoms with Gasteiger partial charge in [-0.2, -0.15) is 0 Å². The number of nitrogens with zero attached hydrogens (tertiary/aromatic N) is 1. The Kier molecular flexibility index (Phi) is 5.68. The van der Waals surface area contributed by atoms with E-state index in [4.69, 9.17) is 5.73 Å². The Morgan fingerprint density at radius 2 is 1.85 bits per heavy atom. The number of nitrogens with two attached hydrogens (primary N) is 1. The molecule has 0 amide bonds. The van der Waals surface area contributed by atoms with Crippen molar-refractivity contribution in [3.63, 3.8) is 0 Å². The first-order chi connectivity index (χ1) is 12.7. The maximum Gasteiger partial charge on any atom is 0.146 e. The van der Waals surface area contributed by atoms with Crippen molar-refractivity contribution in [1.82, 2.24) is 9.71 Å². The summed E-state index contributed by atoms with van der Waals surface area (Å²) in [5.74, 6) is 0.260. The van der Waals surface area contributed by atoms with Crippen LogP contribution in [0.5, 0.6) is 0 Å². The predicted octanol–water partition coefficient (Wildman–Crippen LogP) is 4.29. The number of benzene rings is 1. The largest absolute Gasteiger partial charge is 0.396 e. The maximum atomic E-state index is 13.8. The van der Waals surface area contributed by atoms with E-state index >= 15 is 0 Å². The van der Waals surface area contributed by atoms with E-state index in [9.17, 15) is 8.60 Å². The highest BCUT2D eigenvalue weighted by atomic mass is 32.2. The highest BCUT2D eigenvalue weighted by Crippen LogP contribution is 2.42. The van der Waals surface area contributed by atoms with E-state index < -0.39 is 27.1 Å². The molecule has 2 unspecified atom stereocenters. The summed E-state index contributed by atoms with van der Waals surface area (Å²) in [4.78, 5) is 4.13. The Bertz CT molecular complexity index is 818. The van der Waals surface area contributed by atoms with Gasteiger partial charge >= 0.3 is 0 Å². The van der Waals surface area contributed by atoms with Crippen LogP contribution in [0.2, 0.25) is 0 Å². The molecule has 0 spiro atoms. The minimum absolute atomic E-state index is 0.0979. The van der Waals surface area contributed by atoms with Crippen LogP contribution in [0, 0.1) is 11.7 Å². The molecule has 1 aromatic heterocycles. The number of anilines is 1. The zero-order valence-electron chi connectivity index (χ0n) is 16.2. The molecule has 1 fully saturated rings. The third-order valence-corrected chi connectivity index (χ3v) is 6.76. The van der Waals surface area contributed by atoms with E-state index in [1.807, 2.05) is 32.9 Å². The SMILES string of the molecule is CC(C)(C)S(=O)NC(CCC1CC1)(c1ccncc1)c1ccc(F)c(N)c1. The number of rotatable bonds is 7. The van der Waals surface area contributed by atoms with Crippen LogP contribution in [0.1, 0.15) is 57.6 Å². The van der Waals surface area contributed by atoms with E-state index in [0.717, 1.165) is 24.0 Å². The molecule has 0 bridgehead atoms. The summed E-state index contributed by atoms with van der Waals surface area (Å²) < 4.78 is 29.9. The van der Waals surface area contributed by atoms with Crippen LogP contribution in [0.15, 0.2) is 42.7 Å². The number of nitrogens with one attached hydrogen (secondary N) is 1. The average molecular weight is 390 g/mol. The highest BCUT2D eigenvalue weighted by Gasteiger charge is 2.40. The topological polar surface area (TPSA) is 68.0 Å². The summed E-state index contributed by atoms with van der Waals surface area (Å²) in [6, 6.07) is 8.65. The molecule has 2 atom stereocenters. The molecule has 0 aliphatic heterocycles. The van der Waals surface area contributed by atoms with Crippen molar-refractivity contribution in [2.24, 2.45) is 5.92 Å². The van der Waals surface area contributed by atoms with Crippen molar-refractivity contribution in [2.45, 2.75) is 56.7 Å². The Morgan fingerprint density at radius 1 is 1.19 bits per heavy atom. The normalized spacial score (nSPS) is 18.1. The van der Waals surface area contributed by atoms with Crippen LogP contribution in [-0.2, 0) is 16.5 Å². The fourth-order valence-corrected chi connectivity index (χ4v) is 4.17. The predicted molar refractivity (Wildman–Crippen MR) is 109 cm³/mol. The first-order valence-corrected chi connectivity index (χ1v) is 10.5. The van der Waals surface area contributed by atoms with Crippen molar-refractivity contribution in [1.29, 1.82) is 0 Å². The van der Waals surface area contributed by atoms with Gasteiger partial charge in [-0.1, -0.05) is 18.9 Å². The van der Waals surface area contributed by atoms with Gasteiger partial charge in [-0.25, -0.2) is 13.3 Å². The lowest BCUT2D eigenvalue weighted by Gasteiger charge is -2.38. The molecule has 4 nitrogen and oxygen atoms in total. The van der Waals surface area contributed by atoms with Gasteiger partial charge in [0, 0.05) is 12.4 Å². The van der Waals surface area contributed by atoms with Crippen molar-refractivity contribution >= 4 is 16.7 Å². The highest BCUT2D eigenvalue weighted by molar-refractivity contribution is 7.84. The smallest absolute Gasteiger partial charge is 0.146 e. The van der Waals surface area contributed by atoms with Crippen LogP contribution in [0.25, 0.3) is 0 Å². The van der Waals surface area contributed by atoms with Crippen molar-refractivity contribution < 1.29 is 8.60 Å². The van der Waals surface area contributed by atoms with Gasteiger partial charge in [-0.15, -0.1) is 0 Å². The van der Waals surface area contributed by atoms with Crippen molar-refractivity contribution in [2.75, 3.05) is 5.73 Å². The van der Waals surface area contributed by atoms with Gasteiger partial charge in [0.05, 0.1) is 27.0 Å². The summed E-state index contributed by atoms with van der Waals surface area (Å²) in [5, 5.41) is 0. The summed E-state index contributed by atoms with van der Waals surface area (Å²) in [7, 11) is -1.32. The lowest BCUT2D eigenvalue weighted by Crippen LogP contribution is -2.49. The molecule has 27 heavy (non-hydrogen) atoms. The van der Waals surface area contributed by atoms with Gasteiger partial charge in [0.25, 0.3) is 0 Å². The third-order valence-electron chi connectivity index (χ3n) is 5.11. The minimum atomic E-state index is -1.32. The zero-order valence-corrected chi connectivity index (χ0v) is 17.0. The number of hydrogen-bond donors (Lipinski definition) is 2. The van der Waals surface area contributed by atoms with Gasteiger partial charge in [0.1, 0.15) is 5.82 Å². The molecular formula is C21H28FN3OS. The van der Waals surface area contributed by atoms with E-state index in [1.165, 1.54) is 18.9 Å². The molecule has 1 saturated carbocycles.